The first kappa shape index (κ1) is 17.0. The maximum Gasteiger partial charge on any atom is 0.279 e. The van der Waals surface area contributed by atoms with Crippen LogP contribution in [-0.2, 0) is 11.3 Å². The van der Waals surface area contributed by atoms with Gasteiger partial charge in [-0.1, -0.05) is 24.3 Å². The van der Waals surface area contributed by atoms with Gasteiger partial charge in [-0.15, -0.1) is 0 Å². The number of hydrogen-bond donors (Lipinski definition) is 2. The lowest BCUT2D eigenvalue weighted by molar-refractivity contribution is -0.885. The molecule has 0 saturated carbocycles. The molecule has 0 aliphatic carbocycles. The number of carbonyl (C=O) groups excluding carboxylic acids is 1. The van der Waals surface area contributed by atoms with Gasteiger partial charge in [-0.2, -0.15) is 0 Å². The first-order valence-electron chi connectivity index (χ1n) is 7.66. The zero-order valence-corrected chi connectivity index (χ0v) is 13.4. The Bertz CT molecular complexity index is 644. The Kier molecular flexibility index (Phi) is 6.11. The van der Waals surface area contributed by atoms with E-state index in [9.17, 15) is 9.18 Å². The molecule has 2 N–H and O–H groups in total. The highest BCUT2D eigenvalue weighted by Gasteiger charge is 2.13. The van der Waals surface area contributed by atoms with E-state index >= 15 is 0 Å². The van der Waals surface area contributed by atoms with Gasteiger partial charge < -0.3 is 15.0 Å². The summed E-state index contributed by atoms with van der Waals surface area (Å²) in [5.41, 5.74) is 1.67. The molecule has 2 rings (SSSR count). The van der Waals surface area contributed by atoms with Crippen molar-refractivity contribution in [3.05, 3.63) is 59.9 Å². The number of ether oxygens (including phenoxy) is 1. The molecule has 2 aromatic rings. The predicted molar refractivity (Wildman–Crippen MR) is 88.1 cm³/mol. The fraction of sp³-hybridized carbons (Fsp3) is 0.278. The minimum atomic E-state index is -0.253. The molecule has 0 fully saturated rings. The third-order valence-corrected chi connectivity index (χ3v) is 3.34. The van der Waals surface area contributed by atoms with Crippen LogP contribution < -0.4 is 15.0 Å². The van der Waals surface area contributed by atoms with Gasteiger partial charge in [0, 0.05) is 5.56 Å². The van der Waals surface area contributed by atoms with E-state index in [0.29, 0.717) is 31.1 Å². The normalized spacial score (nSPS) is 11.8. The van der Waals surface area contributed by atoms with E-state index in [1.54, 1.807) is 12.1 Å². The van der Waals surface area contributed by atoms with Crippen molar-refractivity contribution in [1.82, 2.24) is 0 Å². The monoisotopic (exact) mass is 317 g/mol. The van der Waals surface area contributed by atoms with Crippen LogP contribution in [0.25, 0.3) is 0 Å². The maximum absolute atomic E-state index is 12.9. The van der Waals surface area contributed by atoms with Crippen molar-refractivity contribution in [3.63, 3.8) is 0 Å². The average Bonchev–Trinajstić information content (AvgIpc) is 2.51. The van der Waals surface area contributed by atoms with Crippen LogP contribution >= 0.6 is 0 Å². The van der Waals surface area contributed by atoms with Crippen molar-refractivity contribution >= 4 is 11.6 Å². The van der Waals surface area contributed by atoms with E-state index in [2.05, 4.69) is 5.32 Å². The molecular formula is C18H22FN2O2+. The Labute approximate surface area is 135 Å². The number of amides is 1. The largest absolute Gasteiger partial charge is 0.492 e. The van der Waals surface area contributed by atoms with Gasteiger partial charge in [-0.25, -0.2) is 4.39 Å². The van der Waals surface area contributed by atoms with Crippen LogP contribution in [0.15, 0.2) is 48.5 Å². The molecule has 0 radical (unpaired) electrons. The molecule has 1 amide bonds. The smallest absolute Gasteiger partial charge is 0.279 e. The van der Waals surface area contributed by atoms with Gasteiger partial charge in [-0.05, 0) is 31.2 Å². The number of hydrogen-bond acceptors (Lipinski definition) is 2. The number of likely N-dealkylation sites (N-methyl/N-ethyl adjacent to an activating group) is 1. The molecular weight excluding hydrogens is 295 g/mol. The second kappa shape index (κ2) is 8.29. The van der Waals surface area contributed by atoms with Crippen molar-refractivity contribution < 1.29 is 18.8 Å². The maximum atomic E-state index is 12.9. The minimum Gasteiger partial charge on any atom is -0.492 e. The summed E-state index contributed by atoms with van der Waals surface area (Å²) in [6, 6.07) is 13.7. The van der Waals surface area contributed by atoms with Crippen LogP contribution in [0.4, 0.5) is 10.1 Å². The second-order valence-electron chi connectivity index (χ2n) is 5.41. The van der Waals surface area contributed by atoms with Crippen LogP contribution in [0.1, 0.15) is 12.5 Å². The fourth-order valence-electron chi connectivity index (χ4n) is 2.33. The van der Waals surface area contributed by atoms with Gasteiger partial charge in [0.2, 0.25) is 0 Å². The first-order chi connectivity index (χ1) is 11.1. The summed E-state index contributed by atoms with van der Waals surface area (Å²) in [5, 5.41) is 2.88. The van der Waals surface area contributed by atoms with Gasteiger partial charge in [0.25, 0.3) is 5.91 Å². The van der Waals surface area contributed by atoms with Crippen LogP contribution in [0.3, 0.4) is 0 Å². The highest BCUT2D eigenvalue weighted by atomic mass is 19.1. The number of nitrogens with one attached hydrogen (secondary N) is 2. The molecule has 0 bridgehead atoms. The minimum absolute atomic E-state index is 0.0863. The van der Waals surface area contributed by atoms with Gasteiger partial charge in [-0.3, -0.25) is 4.79 Å². The lowest BCUT2D eigenvalue weighted by atomic mass is 10.2. The molecule has 2 aromatic carbocycles. The van der Waals surface area contributed by atoms with E-state index in [0.717, 1.165) is 10.5 Å². The first-order valence-corrected chi connectivity index (χ1v) is 7.66. The Hall–Kier alpha value is -2.40. The highest BCUT2D eigenvalue weighted by molar-refractivity contribution is 5.92. The van der Waals surface area contributed by atoms with E-state index < -0.39 is 0 Å². The van der Waals surface area contributed by atoms with Crippen molar-refractivity contribution in [2.24, 2.45) is 0 Å². The van der Waals surface area contributed by atoms with Crippen molar-refractivity contribution in [2.75, 3.05) is 25.5 Å². The molecule has 0 spiro atoms. The number of para-hydroxylation sites is 2. The molecule has 4 nitrogen and oxygen atoms in total. The van der Waals surface area contributed by atoms with E-state index in [4.69, 9.17) is 4.74 Å². The van der Waals surface area contributed by atoms with Crippen LogP contribution in [0.2, 0.25) is 0 Å². The quantitative estimate of drug-likeness (QED) is 0.819. The summed E-state index contributed by atoms with van der Waals surface area (Å²) in [6.45, 7) is 3.42. The van der Waals surface area contributed by atoms with E-state index in [-0.39, 0.29) is 11.7 Å². The average molecular weight is 317 g/mol. The molecule has 1 atom stereocenters. The van der Waals surface area contributed by atoms with Gasteiger partial charge in [0.1, 0.15) is 18.1 Å². The summed E-state index contributed by atoms with van der Waals surface area (Å²) in [5.74, 6) is 0.327. The van der Waals surface area contributed by atoms with Gasteiger partial charge >= 0.3 is 0 Å². The van der Waals surface area contributed by atoms with Gasteiger partial charge in [0.05, 0.1) is 19.3 Å². The SMILES string of the molecule is CCOc1ccccc1NC(=O)C[NH+](C)Cc1ccc(F)cc1. The van der Waals surface area contributed by atoms with Gasteiger partial charge in [0.15, 0.2) is 6.54 Å². The molecule has 0 aliphatic heterocycles. The van der Waals surface area contributed by atoms with Crippen molar-refractivity contribution in [1.29, 1.82) is 0 Å². The van der Waals surface area contributed by atoms with E-state index in [1.807, 2.05) is 38.2 Å². The lowest BCUT2D eigenvalue weighted by Gasteiger charge is -2.15. The van der Waals surface area contributed by atoms with Crippen molar-refractivity contribution in [2.45, 2.75) is 13.5 Å². The summed E-state index contributed by atoms with van der Waals surface area (Å²) in [4.78, 5) is 13.2. The van der Waals surface area contributed by atoms with Crippen molar-refractivity contribution in [3.8, 4) is 5.75 Å². The molecule has 5 heteroatoms. The molecule has 122 valence electrons. The van der Waals surface area contributed by atoms with E-state index in [1.165, 1.54) is 12.1 Å². The summed E-state index contributed by atoms with van der Waals surface area (Å²) >= 11 is 0. The van der Waals surface area contributed by atoms with Crippen LogP contribution in [0, 0.1) is 5.82 Å². The Morgan fingerprint density at radius 3 is 2.57 bits per heavy atom. The Morgan fingerprint density at radius 1 is 1.17 bits per heavy atom. The number of halogens is 1. The number of benzene rings is 2. The molecule has 0 aromatic heterocycles. The number of quaternary nitrogens is 1. The fourth-order valence-corrected chi connectivity index (χ4v) is 2.33. The number of rotatable bonds is 7. The third-order valence-electron chi connectivity index (χ3n) is 3.34. The zero-order chi connectivity index (χ0) is 16.7. The molecule has 0 saturated heterocycles. The summed E-state index contributed by atoms with van der Waals surface area (Å²) < 4.78 is 18.4. The topological polar surface area (TPSA) is 42.8 Å². The van der Waals surface area contributed by atoms with Crippen LogP contribution in [-0.4, -0.2) is 26.1 Å². The number of carbonyl (C=O) groups is 1. The Morgan fingerprint density at radius 2 is 1.87 bits per heavy atom. The van der Waals surface area contributed by atoms with Crippen LogP contribution in [0.5, 0.6) is 5.75 Å². The summed E-state index contributed by atoms with van der Waals surface area (Å²) in [6.07, 6.45) is 0. The number of anilines is 1. The molecule has 0 heterocycles. The lowest BCUT2D eigenvalue weighted by Crippen LogP contribution is -3.08. The second-order valence-corrected chi connectivity index (χ2v) is 5.41. The molecule has 0 aliphatic rings. The Balaban J connectivity index is 1.90. The predicted octanol–water partition coefficient (Wildman–Crippen LogP) is 1.88. The standard InChI is InChI=1S/C18H21FN2O2/c1-3-23-17-7-5-4-6-16(17)20-18(22)13-21(2)12-14-8-10-15(19)11-9-14/h4-11H,3,12-13H2,1-2H3,(H,20,22)/p+1. The zero-order valence-electron chi connectivity index (χ0n) is 13.4. The third kappa shape index (κ3) is 5.38. The highest BCUT2D eigenvalue weighted by Crippen LogP contribution is 2.23. The molecule has 23 heavy (non-hydrogen) atoms. The summed E-state index contributed by atoms with van der Waals surface area (Å²) in [7, 11) is 1.93. The molecule has 1 unspecified atom stereocenters.